The van der Waals surface area contributed by atoms with Gasteiger partial charge in [-0.1, -0.05) is 0 Å². The Balaban J connectivity index is 1.00. The van der Waals surface area contributed by atoms with E-state index in [9.17, 15) is 24.0 Å². The van der Waals surface area contributed by atoms with E-state index in [4.69, 9.17) is 5.11 Å². The highest BCUT2D eigenvalue weighted by Crippen LogP contribution is 2.33. The lowest BCUT2D eigenvalue weighted by molar-refractivity contribution is -0.136. The van der Waals surface area contributed by atoms with Crippen molar-refractivity contribution < 1.29 is 33.5 Å². The van der Waals surface area contributed by atoms with Gasteiger partial charge in [-0.3, -0.25) is 34.3 Å². The fourth-order valence-corrected chi connectivity index (χ4v) is 6.36. The Morgan fingerprint density at radius 1 is 0.907 bits per heavy atom. The molecule has 2 N–H and O–H groups in total. The monoisotopic (exact) mass is 593 g/mol. The molecule has 4 aliphatic rings. The molecule has 6 rings (SSSR count). The summed E-state index contributed by atoms with van der Waals surface area (Å²) in [4.78, 5) is 68.2. The number of anilines is 2. The largest absolute Gasteiger partial charge is 0.476 e. The van der Waals surface area contributed by atoms with E-state index in [0.29, 0.717) is 24.8 Å². The SMILES string of the molecule is O=C1CCC(N2C(=O)c3cc(F)c(N4CCN(CCC5CCN(c6ccc(C(=O)O)nn6)CC5)CC4)cc3C2=O)C(=O)N1. The second kappa shape index (κ2) is 11.7. The van der Waals surface area contributed by atoms with Gasteiger partial charge in [0.05, 0.1) is 16.8 Å². The molecule has 0 radical (unpaired) electrons. The number of carbonyl (C=O) groups excluding carboxylic acids is 4. The first-order valence-corrected chi connectivity index (χ1v) is 14.5. The van der Waals surface area contributed by atoms with Crippen LogP contribution in [0.5, 0.6) is 0 Å². The van der Waals surface area contributed by atoms with E-state index in [1.54, 1.807) is 6.07 Å². The molecule has 0 aliphatic carbocycles. The topological polar surface area (TPSA) is 156 Å². The number of halogens is 1. The summed E-state index contributed by atoms with van der Waals surface area (Å²) in [5.41, 5.74) is 0.197. The van der Waals surface area contributed by atoms with Crippen LogP contribution in [-0.2, 0) is 9.59 Å². The number of nitrogens with one attached hydrogen (secondary N) is 1. The van der Waals surface area contributed by atoms with Crippen LogP contribution in [0, 0.1) is 11.7 Å². The lowest BCUT2D eigenvalue weighted by Crippen LogP contribution is -2.54. The van der Waals surface area contributed by atoms with Gasteiger partial charge in [0.25, 0.3) is 11.8 Å². The first kappa shape index (κ1) is 28.6. The van der Waals surface area contributed by atoms with Crippen molar-refractivity contribution in [1.29, 1.82) is 0 Å². The molecular weight excluding hydrogens is 561 g/mol. The summed E-state index contributed by atoms with van der Waals surface area (Å²) in [6, 6.07) is 4.58. The number of piperidine rings is 2. The maximum Gasteiger partial charge on any atom is 0.356 e. The summed E-state index contributed by atoms with van der Waals surface area (Å²) in [5.74, 6) is -2.96. The number of piperazine rings is 1. The van der Waals surface area contributed by atoms with Gasteiger partial charge in [-0.2, -0.15) is 0 Å². The number of aromatic nitrogens is 2. The maximum atomic E-state index is 15.2. The van der Waals surface area contributed by atoms with Gasteiger partial charge in [-0.25, -0.2) is 9.18 Å². The van der Waals surface area contributed by atoms with Crippen molar-refractivity contribution in [3.05, 3.63) is 46.9 Å². The number of hydrogen-bond acceptors (Lipinski definition) is 10. The average Bonchev–Trinajstić information content (AvgIpc) is 3.24. The van der Waals surface area contributed by atoms with E-state index >= 15 is 4.39 Å². The van der Waals surface area contributed by atoms with Gasteiger partial charge in [-0.05, 0) is 62.4 Å². The fraction of sp³-hybridized carbons (Fsp3) is 0.483. The number of rotatable bonds is 7. The van der Waals surface area contributed by atoms with Gasteiger partial charge < -0.3 is 14.9 Å². The zero-order chi connectivity index (χ0) is 30.2. The number of fused-ring (bicyclic) bond motifs is 1. The van der Waals surface area contributed by atoms with Crippen molar-refractivity contribution in [3.8, 4) is 0 Å². The fourth-order valence-electron chi connectivity index (χ4n) is 6.36. The molecule has 4 aliphatic heterocycles. The predicted molar refractivity (Wildman–Crippen MR) is 150 cm³/mol. The molecule has 226 valence electrons. The summed E-state index contributed by atoms with van der Waals surface area (Å²) >= 11 is 0. The molecule has 3 fully saturated rings. The molecule has 43 heavy (non-hydrogen) atoms. The number of benzene rings is 1. The highest BCUT2D eigenvalue weighted by Gasteiger charge is 2.45. The van der Waals surface area contributed by atoms with Gasteiger partial charge in [0.2, 0.25) is 11.8 Å². The number of carboxylic acids is 1. The smallest absolute Gasteiger partial charge is 0.356 e. The van der Waals surface area contributed by atoms with E-state index in [0.717, 1.165) is 63.0 Å². The Morgan fingerprint density at radius 2 is 1.60 bits per heavy atom. The van der Waals surface area contributed by atoms with E-state index < -0.39 is 41.5 Å². The standard InChI is InChI=1S/C29H32FN7O6/c30-20-15-18-19(28(41)37(27(18)40)22-2-4-25(38)31-26(22)39)16-23(20)35-13-11-34(12-14-35)8-5-17-6-9-36(10-7-17)24-3-1-21(29(42)43)32-33-24/h1,3,15-17,22H,2,4-14H2,(H,42,43)(H,31,38,39). The van der Waals surface area contributed by atoms with Crippen molar-refractivity contribution in [2.75, 3.05) is 55.6 Å². The van der Waals surface area contributed by atoms with Crippen LogP contribution in [0.1, 0.15) is 63.3 Å². The molecule has 1 unspecified atom stereocenters. The van der Waals surface area contributed by atoms with Crippen molar-refractivity contribution in [1.82, 2.24) is 25.3 Å². The molecule has 14 heteroatoms. The molecule has 1 aromatic carbocycles. The van der Waals surface area contributed by atoms with Crippen LogP contribution < -0.4 is 15.1 Å². The minimum absolute atomic E-state index is 0.0205. The molecule has 3 saturated heterocycles. The first-order chi connectivity index (χ1) is 20.7. The van der Waals surface area contributed by atoms with Gasteiger partial charge in [0.15, 0.2) is 11.5 Å². The quantitative estimate of drug-likeness (QED) is 0.444. The third-order valence-corrected chi connectivity index (χ3v) is 8.88. The van der Waals surface area contributed by atoms with Gasteiger partial charge in [-0.15, -0.1) is 10.2 Å². The van der Waals surface area contributed by atoms with Crippen LogP contribution in [0.3, 0.4) is 0 Å². The number of nitrogens with zero attached hydrogens (tertiary/aromatic N) is 6. The zero-order valence-electron chi connectivity index (χ0n) is 23.5. The second-order valence-corrected chi connectivity index (χ2v) is 11.4. The number of imide groups is 2. The lowest BCUT2D eigenvalue weighted by atomic mass is 9.93. The molecule has 0 bridgehead atoms. The molecule has 0 spiro atoms. The van der Waals surface area contributed by atoms with Crippen LogP contribution in [0.2, 0.25) is 0 Å². The van der Waals surface area contributed by atoms with Crippen molar-refractivity contribution in [2.24, 2.45) is 5.92 Å². The van der Waals surface area contributed by atoms with Crippen LogP contribution in [0.25, 0.3) is 0 Å². The first-order valence-electron chi connectivity index (χ1n) is 14.5. The summed E-state index contributed by atoms with van der Waals surface area (Å²) in [7, 11) is 0. The van der Waals surface area contributed by atoms with Gasteiger partial charge in [0.1, 0.15) is 11.9 Å². The Kier molecular flexibility index (Phi) is 7.77. The van der Waals surface area contributed by atoms with E-state index in [1.807, 2.05) is 4.90 Å². The molecule has 4 amide bonds. The maximum absolute atomic E-state index is 15.2. The van der Waals surface area contributed by atoms with Crippen LogP contribution in [0.4, 0.5) is 15.9 Å². The second-order valence-electron chi connectivity index (χ2n) is 11.4. The Morgan fingerprint density at radius 3 is 2.23 bits per heavy atom. The van der Waals surface area contributed by atoms with Gasteiger partial charge >= 0.3 is 5.97 Å². The molecule has 5 heterocycles. The summed E-state index contributed by atoms with van der Waals surface area (Å²) < 4.78 is 15.2. The average molecular weight is 594 g/mol. The predicted octanol–water partition coefficient (Wildman–Crippen LogP) is 1.14. The van der Waals surface area contributed by atoms with E-state index in [1.165, 1.54) is 12.1 Å². The van der Waals surface area contributed by atoms with E-state index in [-0.39, 0.29) is 35.3 Å². The van der Waals surface area contributed by atoms with Crippen molar-refractivity contribution in [3.63, 3.8) is 0 Å². The number of carboxylic acid groups (broad SMARTS) is 1. The number of hydrogen-bond donors (Lipinski definition) is 2. The van der Waals surface area contributed by atoms with Crippen molar-refractivity contribution in [2.45, 2.75) is 38.1 Å². The molecule has 0 saturated carbocycles. The third kappa shape index (κ3) is 5.66. The Hall–Kier alpha value is -4.46. The molecule has 13 nitrogen and oxygen atoms in total. The van der Waals surface area contributed by atoms with E-state index in [2.05, 4.69) is 25.3 Å². The normalized spacial score (nSPS) is 21.8. The third-order valence-electron chi connectivity index (χ3n) is 8.88. The number of carbonyl (C=O) groups is 5. The zero-order valence-corrected chi connectivity index (χ0v) is 23.5. The highest BCUT2D eigenvalue weighted by molar-refractivity contribution is 6.23. The summed E-state index contributed by atoms with van der Waals surface area (Å²) in [6.45, 7) is 5.19. The Labute approximate surface area is 246 Å². The summed E-state index contributed by atoms with van der Waals surface area (Å²) in [6.07, 6.45) is 3.12. The van der Waals surface area contributed by atoms with Crippen LogP contribution in [0.15, 0.2) is 24.3 Å². The molecule has 1 atom stereocenters. The molecular formula is C29H32FN7O6. The van der Waals surface area contributed by atoms with Crippen LogP contribution in [-0.4, -0.2) is 107 Å². The summed E-state index contributed by atoms with van der Waals surface area (Å²) in [5, 5.41) is 19.0. The van der Waals surface area contributed by atoms with Gasteiger partial charge in [0, 0.05) is 45.7 Å². The minimum Gasteiger partial charge on any atom is -0.476 e. The van der Waals surface area contributed by atoms with Crippen LogP contribution >= 0.6 is 0 Å². The highest BCUT2D eigenvalue weighted by atomic mass is 19.1. The Bertz CT molecular complexity index is 1470. The number of amides is 4. The molecule has 2 aromatic rings. The minimum atomic E-state index is -1.10. The van der Waals surface area contributed by atoms with Crippen molar-refractivity contribution >= 4 is 41.1 Å². The lowest BCUT2D eigenvalue weighted by Gasteiger charge is -2.38. The molecule has 1 aromatic heterocycles. The number of aromatic carboxylic acids is 1.